The van der Waals surface area contributed by atoms with Gasteiger partial charge in [-0.2, -0.15) is 0 Å². The largest absolute Gasteiger partial charge is 0.392 e. The molecule has 2 atom stereocenters. The molecule has 1 aliphatic carbocycles. The van der Waals surface area contributed by atoms with Gasteiger partial charge in [0.25, 0.3) is 0 Å². The van der Waals surface area contributed by atoms with E-state index < -0.39 is 5.41 Å². The molecule has 5 heteroatoms. The summed E-state index contributed by atoms with van der Waals surface area (Å²) in [4.78, 5) is 19.0. The van der Waals surface area contributed by atoms with E-state index in [1.54, 1.807) is 6.07 Å². The molecule has 2 N–H and O–H groups in total. The van der Waals surface area contributed by atoms with Gasteiger partial charge in [-0.15, -0.1) is 0 Å². The maximum Gasteiger partial charge on any atom is 0.231 e. The van der Waals surface area contributed by atoms with Crippen molar-refractivity contribution < 1.29 is 9.90 Å². The van der Waals surface area contributed by atoms with Gasteiger partial charge < -0.3 is 10.4 Å². The number of carbonyl (C=O) groups excluding carboxylic acids is 1. The van der Waals surface area contributed by atoms with Crippen LogP contribution in [0.15, 0.2) is 54.6 Å². The Morgan fingerprint density at radius 2 is 2.04 bits per heavy atom. The Morgan fingerprint density at radius 1 is 1.25 bits per heavy atom. The molecule has 2 aromatic rings. The number of hydrogen-bond donors (Lipinski definition) is 2. The molecule has 1 amide bonds. The molecule has 0 aromatic heterocycles. The zero-order chi connectivity index (χ0) is 19.6. The van der Waals surface area contributed by atoms with E-state index in [9.17, 15) is 9.90 Å². The highest BCUT2D eigenvalue weighted by molar-refractivity contribution is 5.91. The summed E-state index contributed by atoms with van der Waals surface area (Å²) >= 11 is 0. The number of likely N-dealkylation sites (tertiary alicyclic amines) is 1. The number of aliphatic hydroxyl groups excluding tert-OH is 1. The second kappa shape index (κ2) is 7.75. The molecular formula is C23H25N3O2. The quantitative estimate of drug-likeness (QED) is 0.763. The first kappa shape index (κ1) is 18.7. The van der Waals surface area contributed by atoms with Gasteiger partial charge in [0, 0.05) is 19.6 Å². The summed E-state index contributed by atoms with van der Waals surface area (Å²) in [7, 11) is 0. The van der Waals surface area contributed by atoms with Gasteiger partial charge in [-0.1, -0.05) is 54.6 Å². The van der Waals surface area contributed by atoms with Crippen molar-refractivity contribution in [3.63, 3.8) is 0 Å². The summed E-state index contributed by atoms with van der Waals surface area (Å²) in [5.74, 6) is 0.0308. The zero-order valence-corrected chi connectivity index (χ0v) is 15.8. The molecule has 1 saturated carbocycles. The van der Waals surface area contributed by atoms with Crippen molar-refractivity contribution in [2.45, 2.75) is 36.8 Å². The summed E-state index contributed by atoms with van der Waals surface area (Å²) < 4.78 is 0. The van der Waals surface area contributed by atoms with Gasteiger partial charge in [-0.25, -0.2) is 4.85 Å². The first-order valence-electron chi connectivity index (χ1n) is 9.85. The second-order valence-electron chi connectivity index (χ2n) is 7.88. The normalized spacial score (nSPS) is 21.6. The fraction of sp³-hybridized carbons (Fsp3) is 0.391. The van der Waals surface area contributed by atoms with Crippen molar-refractivity contribution >= 4 is 11.6 Å². The minimum absolute atomic E-state index is 0.0308. The molecule has 0 unspecified atom stereocenters. The molecule has 1 aliphatic heterocycles. The van der Waals surface area contributed by atoms with E-state index in [1.165, 1.54) is 0 Å². The number of carbonyl (C=O) groups is 1. The highest BCUT2D eigenvalue weighted by Crippen LogP contribution is 2.49. The van der Waals surface area contributed by atoms with E-state index in [4.69, 9.17) is 6.57 Å². The van der Waals surface area contributed by atoms with Gasteiger partial charge in [0.2, 0.25) is 5.91 Å². The van der Waals surface area contributed by atoms with Crippen LogP contribution in [0.4, 0.5) is 5.69 Å². The molecule has 2 aromatic carbocycles. The molecule has 0 radical (unpaired) electrons. The fourth-order valence-electron chi connectivity index (χ4n) is 4.10. The maximum absolute atomic E-state index is 13.3. The van der Waals surface area contributed by atoms with E-state index in [1.807, 2.05) is 48.5 Å². The van der Waals surface area contributed by atoms with Crippen molar-refractivity contribution in [2.24, 2.45) is 0 Å². The predicted molar refractivity (Wildman–Crippen MR) is 108 cm³/mol. The van der Waals surface area contributed by atoms with Crippen molar-refractivity contribution in [2.75, 3.05) is 19.6 Å². The Hall–Kier alpha value is -2.68. The van der Waals surface area contributed by atoms with Crippen LogP contribution in [-0.2, 0) is 10.2 Å². The SMILES string of the molecule is [C-]#[N+]c1cccc(C2(C(=O)N[C@H](CN3CC[C@H](O)C3)c3ccccc3)CC2)c1. The maximum atomic E-state index is 13.3. The molecule has 1 heterocycles. The number of nitrogens with zero attached hydrogens (tertiary/aromatic N) is 2. The van der Waals surface area contributed by atoms with E-state index in [0.717, 1.165) is 36.9 Å². The average molecular weight is 375 g/mol. The molecule has 2 aliphatic rings. The van der Waals surface area contributed by atoms with Crippen LogP contribution in [0.25, 0.3) is 4.85 Å². The van der Waals surface area contributed by atoms with Gasteiger partial charge in [0.15, 0.2) is 5.69 Å². The number of β-amino-alcohol motifs (C(OH)–C–C–N with tert-alkyl or cyclic N) is 1. The lowest BCUT2D eigenvalue weighted by Gasteiger charge is -2.27. The lowest BCUT2D eigenvalue weighted by Crippen LogP contribution is -2.42. The molecule has 5 nitrogen and oxygen atoms in total. The molecule has 28 heavy (non-hydrogen) atoms. The van der Waals surface area contributed by atoms with E-state index in [0.29, 0.717) is 18.8 Å². The van der Waals surface area contributed by atoms with Gasteiger partial charge in [0.1, 0.15) is 0 Å². The Labute approximate surface area is 165 Å². The van der Waals surface area contributed by atoms with Crippen molar-refractivity contribution in [1.82, 2.24) is 10.2 Å². The highest BCUT2D eigenvalue weighted by atomic mass is 16.3. The number of benzene rings is 2. The minimum Gasteiger partial charge on any atom is -0.392 e. The molecule has 1 saturated heterocycles. The monoisotopic (exact) mass is 375 g/mol. The summed E-state index contributed by atoms with van der Waals surface area (Å²) in [5.41, 5.74) is 2.06. The number of aliphatic hydroxyl groups is 1. The van der Waals surface area contributed by atoms with Crippen LogP contribution in [-0.4, -0.2) is 41.7 Å². The third kappa shape index (κ3) is 3.80. The Morgan fingerprint density at radius 3 is 2.68 bits per heavy atom. The van der Waals surface area contributed by atoms with Crippen molar-refractivity contribution in [3.8, 4) is 0 Å². The van der Waals surface area contributed by atoms with Gasteiger partial charge in [-0.05, 0) is 30.4 Å². The van der Waals surface area contributed by atoms with E-state index in [-0.39, 0.29) is 18.1 Å². The van der Waals surface area contributed by atoms with Gasteiger partial charge >= 0.3 is 0 Å². The minimum atomic E-state index is -0.516. The third-order valence-electron chi connectivity index (χ3n) is 5.91. The lowest BCUT2D eigenvalue weighted by atomic mass is 9.93. The van der Waals surface area contributed by atoms with Crippen LogP contribution in [0.1, 0.15) is 36.4 Å². The van der Waals surface area contributed by atoms with Crippen LogP contribution in [0, 0.1) is 6.57 Å². The third-order valence-corrected chi connectivity index (χ3v) is 5.91. The Balaban J connectivity index is 1.54. The van der Waals surface area contributed by atoms with Gasteiger partial charge in [-0.3, -0.25) is 9.69 Å². The Bertz CT molecular complexity index is 886. The number of nitrogens with one attached hydrogen (secondary N) is 1. The summed E-state index contributed by atoms with van der Waals surface area (Å²) in [5, 5.41) is 13.1. The number of hydrogen-bond acceptors (Lipinski definition) is 3. The standard InChI is InChI=1S/C23H25N3O2/c1-24-19-9-5-8-18(14-19)23(11-12-23)22(28)25-21(17-6-3-2-4-7-17)16-26-13-10-20(27)15-26/h2-9,14,20-21,27H,10-13,15-16H2,(H,25,28)/t20-,21+/m0/s1. The van der Waals surface area contributed by atoms with Crippen LogP contribution < -0.4 is 5.32 Å². The van der Waals surface area contributed by atoms with Crippen LogP contribution in [0.3, 0.4) is 0 Å². The summed E-state index contributed by atoms with van der Waals surface area (Å²) in [6.07, 6.45) is 2.12. The highest BCUT2D eigenvalue weighted by Gasteiger charge is 2.51. The molecule has 0 bridgehead atoms. The molecule has 2 fully saturated rings. The predicted octanol–water partition coefficient (Wildman–Crippen LogP) is 3.19. The fourth-order valence-corrected chi connectivity index (χ4v) is 4.10. The van der Waals surface area contributed by atoms with Gasteiger partial charge in [0.05, 0.1) is 24.1 Å². The van der Waals surface area contributed by atoms with Crippen molar-refractivity contribution in [3.05, 3.63) is 77.1 Å². The zero-order valence-electron chi connectivity index (χ0n) is 15.8. The smallest absolute Gasteiger partial charge is 0.231 e. The van der Waals surface area contributed by atoms with Crippen LogP contribution in [0.2, 0.25) is 0 Å². The molecule has 4 rings (SSSR count). The van der Waals surface area contributed by atoms with Crippen molar-refractivity contribution in [1.29, 1.82) is 0 Å². The first-order chi connectivity index (χ1) is 13.6. The summed E-state index contributed by atoms with van der Waals surface area (Å²) in [6.45, 7) is 9.42. The van der Waals surface area contributed by atoms with Crippen LogP contribution in [0.5, 0.6) is 0 Å². The number of amides is 1. The summed E-state index contributed by atoms with van der Waals surface area (Å²) in [6, 6.07) is 17.3. The first-order valence-corrected chi connectivity index (χ1v) is 9.85. The van der Waals surface area contributed by atoms with E-state index in [2.05, 4.69) is 15.1 Å². The Kier molecular flexibility index (Phi) is 5.17. The topological polar surface area (TPSA) is 56.9 Å². The molecular weight excluding hydrogens is 350 g/mol. The lowest BCUT2D eigenvalue weighted by molar-refractivity contribution is -0.124. The van der Waals surface area contributed by atoms with Crippen LogP contribution >= 0.6 is 0 Å². The average Bonchev–Trinajstić information content (AvgIpc) is 3.45. The molecule has 144 valence electrons. The van der Waals surface area contributed by atoms with E-state index >= 15 is 0 Å². The number of rotatable bonds is 6. The second-order valence-corrected chi connectivity index (χ2v) is 7.88. The molecule has 0 spiro atoms.